The number of halogens is 3. The molecule has 0 bridgehead atoms. The van der Waals surface area contributed by atoms with Gasteiger partial charge in [-0.2, -0.15) is 18.3 Å². The van der Waals surface area contributed by atoms with Crippen molar-refractivity contribution in [2.24, 2.45) is 5.10 Å². The molecule has 174 valence electrons. The number of rotatable bonds is 4. The number of nitrogens with zero attached hydrogens (tertiary/aromatic N) is 1. The zero-order chi connectivity index (χ0) is 24.2. The Morgan fingerprint density at radius 1 is 0.970 bits per heavy atom. The highest BCUT2D eigenvalue weighted by Gasteiger charge is 2.32. The SMILES string of the molecule is C/C(=N\NS(=O)c1ccc(C)cc1)c1ccc2c(c1)Nc1cc(C(F)(F)F)ccc1O2.CC. The number of hydrogen-bond donors (Lipinski definition) is 2. The van der Waals surface area contributed by atoms with E-state index >= 15 is 0 Å². The first-order valence-corrected chi connectivity index (χ1v) is 11.4. The third-order valence-electron chi connectivity index (χ3n) is 4.72. The highest BCUT2D eigenvalue weighted by atomic mass is 32.2. The number of benzene rings is 3. The van der Waals surface area contributed by atoms with Gasteiger partial charge in [-0.1, -0.05) is 31.5 Å². The van der Waals surface area contributed by atoms with E-state index in [2.05, 4.69) is 15.2 Å². The number of hydrogen-bond acceptors (Lipinski definition) is 4. The third kappa shape index (κ3) is 5.73. The van der Waals surface area contributed by atoms with Gasteiger partial charge in [-0.25, -0.2) is 9.04 Å². The molecule has 33 heavy (non-hydrogen) atoms. The van der Waals surface area contributed by atoms with Crippen LogP contribution in [0.15, 0.2) is 70.7 Å². The van der Waals surface area contributed by atoms with Crippen LogP contribution in [0.2, 0.25) is 0 Å². The van der Waals surface area contributed by atoms with Crippen LogP contribution in [0.3, 0.4) is 0 Å². The molecule has 0 aromatic heterocycles. The molecule has 5 nitrogen and oxygen atoms in total. The van der Waals surface area contributed by atoms with Gasteiger partial charge in [0.15, 0.2) is 22.5 Å². The topological polar surface area (TPSA) is 62.7 Å². The van der Waals surface area contributed by atoms with Crippen LogP contribution in [-0.4, -0.2) is 9.92 Å². The monoisotopic (exact) mass is 475 g/mol. The molecule has 1 heterocycles. The standard InChI is InChI=1S/C22H18F3N3O2S.C2H6/c1-13-3-7-17(8-4-13)31(29)28-27-14(2)15-5-9-20-18(11-15)26-19-12-16(22(23,24)25)6-10-21(19)30-20;1-2/h3-12,26,28H,1-2H3;1-2H3/b27-14+;. The Morgan fingerprint density at radius 3 is 2.21 bits per heavy atom. The van der Waals surface area contributed by atoms with Gasteiger partial charge in [-0.05, 0) is 67.9 Å². The maximum absolute atomic E-state index is 13.0. The van der Waals surface area contributed by atoms with Gasteiger partial charge in [0.2, 0.25) is 0 Å². The van der Waals surface area contributed by atoms with Crippen molar-refractivity contribution in [2.75, 3.05) is 5.32 Å². The summed E-state index contributed by atoms with van der Waals surface area (Å²) in [5.41, 5.74) is 2.29. The normalized spacial score (nSPS) is 13.4. The largest absolute Gasteiger partial charge is 0.453 e. The summed E-state index contributed by atoms with van der Waals surface area (Å²) in [6.45, 7) is 7.68. The number of alkyl halides is 3. The summed E-state index contributed by atoms with van der Waals surface area (Å²) in [5.74, 6) is 0.800. The van der Waals surface area contributed by atoms with Gasteiger partial charge >= 0.3 is 6.18 Å². The van der Waals surface area contributed by atoms with Crippen molar-refractivity contribution < 1.29 is 22.1 Å². The Balaban J connectivity index is 0.00000149. The molecule has 0 saturated carbocycles. The van der Waals surface area contributed by atoms with Crippen molar-refractivity contribution in [2.45, 2.75) is 38.8 Å². The van der Waals surface area contributed by atoms with E-state index in [9.17, 15) is 17.4 Å². The summed E-state index contributed by atoms with van der Waals surface area (Å²) in [7, 11) is -1.51. The molecule has 0 radical (unpaired) electrons. The number of anilines is 2. The number of hydrazone groups is 1. The van der Waals surface area contributed by atoms with E-state index in [1.54, 1.807) is 37.3 Å². The van der Waals surface area contributed by atoms with Gasteiger partial charge in [0.05, 0.1) is 27.5 Å². The van der Waals surface area contributed by atoms with Crippen molar-refractivity contribution in [3.63, 3.8) is 0 Å². The predicted octanol–water partition coefficient (Wildman–Crippen LogP) is 6.93. The van der Waals surface area contributed by atoms with Crippen LogP contribution in [0, 0.1) is 6.92 Å². The molecule has 0 fully saturated rings. The van der Waals surface area contributed by atoms with E-state index in [1.165, 1.54) is 6.07 Å². The van der Waals surface area contributed by atoms with Crippen molar-refractivity contribution >= 4 is 28.1 Å². The summed E-state index contributed by atoms with van der Waals surface area (Å²) >= 11 is 0. The van der Waals surface area contributed by atoms with Gasteiger partial charge in [-0.3, -0.25) is 0 Å². The Bertz CT molecular complexity index is 1190. The number of fused-ring (bicyclic) bond motifs is 2. The van der Waals surface area contributed by atoms with Gasteiger partial charge < -0.3 is 10.1 Å². The fraction of sp³-hybridized carbons (Fsp3) is 0.208. The average Bonchev–Trinajstić information content (AvgIpc) is 2.81. The second kappa shape index (κ2) is 10.1. The fourth-order valence-corrected chi connectivity index (χ4v) is 3.70. The molecular weight excluding hydrogens is 451 g/mol. The van der Waals surface area contributed by atoms with Crippen LogP contribution >= 0.6 is 0 Å². The molecule has 0 spiro atoms. The Kier molecular flexibility index (Phi) is 7.43. The molecule has 1 aliphatic heterocycles. The maximum atomic E-state index is 13.0. The highest BCUT2D eigenvalue weighted by molar-refractivity contribution is 7.83. The van der Waals surface area contributed by atoms with Crippen LogP contribution in [-0.2, 0) is 17.2 Å². The lowest BCUT2D eigenvalue weighted by Gasteiger charge is -2.23. The summed E-state index contributed by atoms with van der Waals surface area (Å²) in [6.07, 6.45) is -4.44. The zero-order valence-electron chi connectivity index (χ0n) is 18.6. The molecule has 9 heteroatoms. The Morgan fingerprint density at radius 2 is 1.58 bits per heavy atom. The molecule has 1 atom stereocenters. The van der Waals surface area contributed by atoms with Crippen molar-refractivity contribution in [3.05, 3.63) is 77.4 Å². The minimum Gasteiger partial charge on any atom is -0.453 e. The van der Waals surface area contributed by atoms with E-state index in [-0.39, 0.29) is 5.69 Å². The summed E-state index contributed by atoms with van der Waals surface area (Å²) in [5, 5.41) is 7.17. The summed E-state index contributed by atoms with van der Waals surface area (Å²) in [6, 6.07) is 15.7. The Hall–Kier alpha value is -3.33. The maximum Gasteiger partial charge on any atom is 0.416 e. The third-order valence-corrected chi connectivity index (χ3v) is 5.68. The lowest BCUT2D eigenvalue weighted by molar-refractivity contribution is -0.137. The fourth-order valence-electron chi connectivity index (χ4n) is 2.99. The first-order valence-electron chi connectivity index (χ1n) is 10.3. The minimum atomic E-state index is -4.44. The van der Waals surface area contributed by atoms with Gasteiger partial charge in [0.1, 0.15) is 0 Å². The van der Waals surface area contributed by atoms with Crippen LogP contribution in [0.25, 0.3) is 0 Å². The number of ether oxygens (including phenoxy) is 1. The van der Waals surface area contributed by atoms with Gasteiger partial charge in [0, 0.05) is 0 Å². The molecule has 0 aliphatic carbocycles. The highest BCUT2D eigenvalue weighted by Crippen LogP contribution is 2.44. The summed E-state index contributed by atoms with van der Waals surface area (Å²) < 4.78 is 57.1. The van der Waals surface area contributed by atoms with Crippen molar-refractivity contribution in [1.29, 1.82) is 0 Å². The van der Waals surface area contributed by atoms with E-state index in [0.29, 0.717) is 33.4 Å². The van der Waals surface area contributed by atoms with E-state index in [1.807, 2.05) is 32.9 Å². The van der Waals surface area contributed by atoms with E-state index in [4.69, 9.17) is 4.74 Å². The Labute approximate surface area is 193 Å². The molecule has 4 rings (SSSR count). The van der Waals surface area contributed by atoms with Crippen LogP contribution in [0.1, 0.15) is 37.5 Å². The number of aryl methyl sites for hydroxylation is 1. The average molecular weight is 476 g/mol. The van der Waals surface area contributed by atoms with E-state index in [0.717, 1.165) is 17.7 Å². The second-order valence-corrected chi connectivity index (χ2v) is 8.21. The molecule has 0 saturated heterocycles. The number of nitrogens with one attached hydrogen (secondary N) is 2. The molecule has 1 unspecified atom stereocenters. The van der Waals surface area contributed by atoms with Crippen LogP contribution in [0.5, 0.6) is 11.5 Å². The van der Waals surface area contributed by atoms with Gasteiger partial charge in [0.25, 0.3) is 0 Å². The smallest absolute Gasteiger partial charge is 0.416 e. The lowest BCUT2D eigenvalue weighted by atomic mass is 10.1. The van der Waals surface area contributed by atoms with E-state index < -0.39 is 22.7 Å². The molecule has 3 aromatic carbocycles. The molecule has 2 N–H and O–H groups in total. The minimum absolute atomic E-state index is 0.229. The zero-order valence-corrected chi connectivity index (χ0v) is 19.4. The quantitative estimate of drug-likeness (QED) is 0.249. The molecule has 3 aromatic rings. The summed E-state index contributed by atoms with van der Waals surface area (Å²) in [4.78, 5) is 3.22. The molecule has 1 aliphatic rings. The van der Waals surface area contributed by atoms with Gasteiger partial charge in [-0.15, -0.1) is 0 Å². The molecular formula is C24H24F3N3O2S. The van der Waals surface area contributed by atoms with Crippen molar-refractivity contribution in [1.82, 2.24) is 4.83 Å². The van der Waals surface area contributed by atoms with Crippen molar-refractivity contribution in [3.8, 4) is 11.5 Å². The van der Waals surface area contributed by atoms with Crippen LogP contribution in [0.4, 0.5) is 24.5 Å². The first-order chi connectivity index (χ1) is 15.7. The lowest BCUT2D eigenvalue weighted by Crippen LogP contribution is -2.13. The first kappa shape index (κ1) is 24.3. The van der Waals surface area contributed by atoms with Crippen LogP contribution < -0.4 is 14.9 Å². The predicted molar refractivity (Wildman–Crippen MR) is 126 cm³/mol. The molecule has 0 amide bonds. The second-order valence-electron chi connectivity index (χ2n) is 7.02.